The van der Waals surface area contributed by atoms with E-state index in [2.05, 4.69) is 13.0 Å². The largest absolute Gasteiger partial charge is 0.198 e. The summed E-state index contributed by atoms with van der Waals surface area (Å²) in [5.41, 5.74) is 0.144. The summed E-state index contributed by atoms with van der Waals surface area (Å²) < 4.78 is 0. The Kier molecular flexibility index (Phi) is 2.32. The molecule has 2 aliphatic carbocycles. The lowest BCUT2D eigenvalue weighted by molar-refractivity contribution is 0.255. The van der Waals surface area contributed by atoms with Gasteiger partial charge < -0.3 is 0 Å². The van der Waals surface area contributed by atoms with E-state index in [9.17, 15) is 0 Å². The summed E-state index contributed by atoms with van der Waals surface area (Å²) in [6.07, 6.45) is 9.11. The van der Waals surface area contributed by atoms with Gasteiger partial charge in [0.15, 0.2) is 0 Å². The van der Waals surface area contributed by atoms with Crippen LogP contribution in [0.5, 0.6) is 0 Å². The Bertz CT molecular complexity index is 214. The van der Waals surface area contributed by atoms with E-state index in [0.717, 1.165) is 11.8 Å². The molecule has 1 heteroatoms. The van der Waals surface area contributed by atoms with Gasteiger partial charge in [-0.3, -0.25) is 0 Å². The average Bonchev–Trinajstić information content (AvgIpc) is 2.90. The van der Waals surface area contributed by atoms with Crippen molar-refractivity contribution in [2.24, 2.45) is 17.3 Å². The van der Waals surface area contributed by atoms with Gasteiger partial charge in [0.25, 0.3) is 0 Å². The van der Waals surface area contributed by atoms with E-state index in [0.29, 0.717) is 0 Å². The predicted molar refractivity (Wildman–Crippen MR) is 53.0 cm³/mol. The first kappa shape index (κ1) is 9.06. The summed E-state index contributed by atoms with van der Waals surface area (Å²) in [5.74, 6) is 1.81. The van der Waals surface area contributed by atoms with E-state index in [1.165, 1.54) is 44.9 Å². The lowest BCUT2D eigenvalue weighted by Crippen LogP contribution is -2.15. The minimum atomic E-state index is 0.144. The molecule has 0 heterocycles. The van der Waals surface area contributed by atoms with Crippen LogP contribution >= 0.6 is 0 Å². The second-order valence-corrected chi connectivity index (χ2v) is 5.22. The third-order valence-corrected chi connectivity index (χ3v) is 3.91. The minimum absolute atomic E-state index is 0.144. The van der Waals surface area contributed by atoms with E-state index in [1.807, 2.05) is 0 Å². The quantitative estimate of drug-likeness (QED) is 0.633. The Morgan fingerprint density at radius 3 is 2.31 bits per heavy atom. The zero-order valence-electron chi connectivity index (χ0n) is 8.55. The van der Waals surface area contributed by atoms with Gasteiger partial charge in [0.2, 0.25) is 0 Å². The van der Waals surface area contributed by atoms with Crippen LogP contribution in [-0.2, 0) is 0 Å². The van der Waals surface area contributed by atoms with E-state index in [1.54, 1.807) is 0 Å². The number of nitriles is 1. The zero-order chi connectivity index (χ0) is 9.31. The number of hydrogen-bond donors (Lipinski definition) is 0. The molecule has 1 nitrogen and oxygen atoms in total. The van der Waals surface area contributed by atoms with E-state index < -0.39 is 0 Å². The monoisotopic (exact) mass is 177 g/mol. The first-order valence-corrected chi connectivity index (χ1v) is 5.65. The summed E-state index contributed by atoms with van der Waals surface area (Å²) in [6, 6.07) is 2.51. The van der Waals surface area contributed by atoms with Crippen molar-refractivity contribution in [3.63, 3.8) is 0 Å². The van der Waals surface area contributed by atoms with Crippen molar-refractivity contribution in [1.82, 2.24) is 0 Å². The first-order valence-electron chi connectivity index (χ1n) is 5.65. The van der Waals surface area contributed by atoms with Crippen LogP contribution < -0.4 is 0 Å². The highest BCUT2D eigenvalue weighted by Crippen LogP contribution is 2.52. The molecule has 2 rings (SSSR count). The maximum absolute atomic E-state index is 8.99. The Morgan fingerprint density at radius 1 is 1.23 bits per heavy atom. The Balaban J connectivity index is 1.80. The summed E-state index contributed by atoms with van der Waals surface area (Å²) in [4.78, 5) is 0. The van der Waals surface area contributed by atoms with Crippen LogP contribution in [0.3, 0.4) is 0 Å². The van der Waals surface area contributed by atoms with Crippen LogP contribution in [0.4, 0.5) is 0 Å². The fourth-order valence-corrected chi connectivity index (χ4v) is 2.60. The van der Waals surface area contributed by atoms with Crippen LogP contribution in [0.1, 0.15) is 51.9 Å². The number of nitrogens with zero attached hydrogens (tertiary/aromatic N) is 1. The van der Waals surface area contributed by atoms with Crippen molar-refractivity contribution in [3.05, 3.63) is 0 Å². The average molecular weight is 177 g/mol. The summed E-state index contributed by atoms with van der Waals surface area (Å²) in [5, 5.41) is 8.99. The Labute approximate surface area is 81.1 Å². The molecule has 0 aromatic heterocycles. The van der Waals surface area contributed by atoms with Gasteiger partial charge in [-0.25, -0.2) is 0 Å². The van der Waals surface area contributed by atoms with Gasteiger partial charge in [0.05, 0.1) is 11.5 Å². The molecular weight excluding hydrogens is 158 g/mol. The topological polar surface area (TPSA) is 23.8 Å². The van der Waals surface area contributed by atoms with Gasteiger partial charge in [0.1, 0.15) is 0 Å². The smallest absolute Gasteiger partial charge is 0.0689 e. The van der Waals surface area contributed by atoms with Crippen molar-refractivity contribution in [2.75, 3.05) is 0 Å². The molecule has 0 radical (unpaired) electrons. The van der Waals surface area contributed by atoms with Gasteiger partial charge in [-0.2, -0.15) is 5.26 Å². The van der Waals surface area contributed by atoms with Gasteiger partial charge in [-0.1, -0.05) is 32.6 Å². The molecular formula is C12H19N. The van der Waals surface area contributed by atoms with Crippen molar-refractivity contribution < 1.29 is 0 Å². The minimum Gasteiger partial charge on any atom is -0.198 e. The molecule has 72 valence electrons. The molecule has 0 aromatic rings. The SMILES string of the molecule is CC1CCC(CC2(C#N)CC2)CC1. The normalized spacial score (nSPS) is 36.6. The third-order valence-electron chi connectivity index (χ3n) is 3.91. The van der Waals surface area contributed by atoms with Gasteiger partial charge in [-0.15, -0.1) is 0 Å². The zero-order valence-corrected chi connectivity index (χ0v) is 8.55. The molecule has 13 heavy (non-hydrogen) atoms. The molecule has 0 aliphatic heterocycles. The van der Waals surface area contributed by atoms with Crippen molar-refractivity contribution >= 4 is 0 Å². The molecule has 0 atom stereocenters. The van der Waals surface area contributed by atoms with Crippen LogP contribution in [0.25, 0.3) is 0 Å². The molecule has 0 spiro atoms. The fraction of sp³-hybridized carbons (Fsp3) is 0.917. The summed E-state index contributed by atoms with van der Waals surface area (Å²) in [7, 11) is 0. The molecule has 0 amide bonds. The van der Waals surface area contributed by atoms with Crippen molar-refractivity contribution in [1.29, 1.82) is 5.26 Å². The number of hydrogen-bond acceptors (Lipinski definition) is 1. The molecule has 2 fully saturated rings. The summed E-state index contributed by atoms with van der Waals surface area (Å²) in [6.45, 7) is 2.35. The van der Waals surface area contributed by atoms with Crippen molar-refractivity contribution in [3.8, 4) is 6.07 Å². The van der Waals surface area contributed by atoms with Crippen LogP contribution in [0.15, 0.2) is 0 Å². The van der Waals surface area contributed by atoms with E-state index >= 15 is 0 Å². The number of rotatable bonds is 2. The third kappa shape index (κ3) is 2.05. The molecule has 2 aliphatic rings. The highest BCUT2D eigenvalue weighted by Gasteiger charge is 2.44. The lowest BCUT2D eigenvalue weighted by atomic mass is 9.78. The summed E-state index contributed by atoms with van der Waals surface area (Å²) >= 11 is 0. The van der Waals surface area contributed by atoms with Crippen molar-refractivity contribution in [2.45, 2.75) is 51.9 Å². The second kappa shape index (κ2) is 3.33. The lowest BCUT2D eigenvalue weighted by Gasteiger charge is -2.27. The first-order chi connectivity index (χ1) is 6.24. The van der Waals surface area contributed by atoms with Gasteiger partial charge in [-0.05, 0) is 31.1 Å². The molecule has 2 saturated carbocycles. The fourth-order valence-electron chi connectivity index (χ4n) is 2.60. The van der Waals surface area contributed by atoms with Crippen LogP contribution in [0.2, 0.25) is 0 Å². The maximum Gasteiger partial charge on any atom is 0.0689 e. The van der Waals surface area contributed by atoms with E-state index in [-0.39, 0.29) is 5.41 Å². The highest BCUT2D eigenvalue weighted by atomic mass is 14.5. The van der Waals surface area contributed by atoms with Gasteiger partial charge >= 0.3 is 0 Å². The van der Waals surface area contributed by atoms with E-state index in [4.69, 9.17) is 5.26 Å². The Morgan fingerprint density at radius 2 is 1.85 bits per heavy atom. The predicted octanol–water partition coefficient (Wildman–Crippen LogP) is 3.51. The Hall–Kier alpha value is -0.510. The highest BCUT2D eigenvalue weighted by molar-refractivity contribution is 5.10. The van der Waals surface area contributed by atoms with Gasteiger partial charge in [0, 0.05) is 0 Å². The van der Waals surface area contributed by atoms with Crippen LogP contribution in [0, 0.1) is 28.6 Å². The molecule has 0 N–H and O–H groups in total. The second-order valence-electron chi connectivity index (χ2n) is 5.22. The standard InChI is InChI=1S/C12H19N/c1-10-2-4-11(5-3-10)8-12(9-13)6-7-12/h10-11H,2-8H2,1H3. The maximum atomic E-state index is 8.99. The molecule has 0 bridgehead atoms. The molecule has 0 unspecified atom stereocenters. The molecule has 0 aromatic carbocycles. The van der Waals surface area contributed by atoms with Crippen LogP contribution in [-0.4, -0.2) is 0 Å². The molecule has 0 saturated heterocycles.